The Hall–Kier alpha value is -2.54. The van der Waals surface area contributed by atoms with Gasteiger partial charge in [0.1, 0.15) is 17.6 Å². The van der Waals surface area contributed by atoms with Gasteiger partial charge >= 0.3 is 0 Å². The molecule has 0 heterocycles. The van der Waals surface area contributed by atoms with Crippen LogP contribution in [-0.4, -0.2) is 41.7 Å². The molecule has 2 amide bonds. The van der Waals surface area contributed by atoms with Gasteiger partial charge in [0.25, 0.3) is 0 Å². The third-order valence-electron chi connectivity index (χ3n) is 6.04. The van der Waals surface area contributed by atoms with Gasteiger partial charge in [-0.15, -0.1) is 11.8 Å². The molecule has 2 aromatic carbocycles. The van der Waals surface area contributed by atoms with Crippen molar-refractivity contribution in [3.8, 4) is 5.75 Å². The fraction of sp³-hybridized carbons (Fsp3) is 0.462. The number of nitrogens with zero attached hydrogens (tertiary/aromatic N) is 1. The number of halogens is 1. The molecule has 5 nitrogen and oxygen atoms in total. The molecule has 33 heavy (non-hydrogen) atoms. The van der Waals surface area contributed by atoms with Crippen LogP contribution in [-0.2, 0) is 21.9 Å². The van der Waals surface area contributed by atoms with E-state index in [0.717, 1.165) is 37.0 Å². The normalized spacial score (nSPS) is 14.6. The van der Waals surface area contributed by atoms with Crippen LogP contribution < -0.4 is 10.1 Å². The average molecular weight is 473 g/mol. The van der Waals surface area contributed by atoms with Crippen LogP contribution in [0, 0.1) is 5.82 Å². The zero-order valence-electron chi connectivity index (χ0n) is 19.4. The summed E-state index contributed by atoms with van der Waals surface area (Å²) in [7, 11) is 1.61. The number of rotatable bonds is 11. The first-order valence-corrected chi connectivity index (χ1v) is 12.7. The summed E-state index contributed by atoms with van der Waals surface area (Å²) >= 11 is 1.36. The van der Waals surface area contributed by atoms with E-state index >= 15 is 0 Å². The van der Waals surface area contributed by atoms with Crippen molar-refractivity contribution in [2.75, 3.05) is 12.9 Å². The Kier molecular flexibility index (Phi) is 9.61. The number of carbonyl (C=O) groups is 2. The number of methoxy groups -OCH3 is 1. The van der Waals surface area contributed by atoms with Crippen molar-refractivity contribution in [2.45, 2.75) is 63.4 Å². The summed E-state index contributed by atoms with van der Waals surface area (Å²) in [6, 6.07) is 13.8. The molecule has 3 rings (SSSR count). The van der Waals surface area contributed by atoms with Gasteiger partial charge in [0.2, 0.25) is 11.8 Å². The highest BCUT2D eigenvalue weighted by Gasteiger charge is 2.30. The predicted molar refractivity (Wildman–Crippen MR) is 131 cm³/mol. The first kappa shape index (κ1) is 25.1. The molecule has 1 N–H and O–H groups in total. The van der Waals surface area contributed by atoms with Crippen LogP contribution in [0.5, 0.6) is 5.75 Å². The number of carbonyl (C=O) groups excluding carboxylic acids is 2. The van der Waals surface area contributed by atoms with Gasteiger partial charge in [-0.2, -0.15) is 0 Å². The summed E-state index contributed by atoms with van der Waals surface area (Å²) in [5.41, 5.74) is 1.50. The first-order valence-electron chi connectivity index (χ1n) is 11.6. The molecule has 1 aliphatic rings. The number of nitrogens with one attached hydrogen (secondary N) is 1. The standard InChI is InChI=1S/C26H33FN2O3S/c1-3-24(26(31)28-21-9-5-6-10-21)29(16-19-12-14-22(32-2)15-13-19)25(30)18-33-17-20-8-4-7-11-23(20)27/h4,7-8,11-15,21,24H,3,5-6,9-10,16-18H2,1-2H3,(H,28,31)/t24-/m0/s1. The van der Waals surface area contributed by atoms with Gasteiger partial charge < -0.3 is 15.0 Å². The molecule has 7 heteroatoms. The molecule has 1 fully saturated rings. The van der Waals surface area contributed by atoms with Crippen molar-refractivity contribution in [1.82, 2.24) is 10.2 Å². The van der Waals surface area contributed by atoms with Gasteiger partial charge in [0.05, 0.1) is 12.9 Å². The Labute approximate surface area is 200 Å². The van der Waals surface area contributed by atoms with Crippen LogP contribution in [0.1, 0.15) is 50.2 Å². The van der Waals surface area contributed by atoms with E-state index in [4.69, 9.17) is 4.74 Å². The van der Waals surface area contributed by atoms with Crippen LogP contribution in [0.2, 0.25) is 0 Å². The molecule has 0 unspecified atom stereocenters. The van der Waals surface area contributed by atoms with Crippen LogP contribution in [0.25, 0.3) is 0 Å². The van der Waals surface area contributed by atoms with Crippen LogP contribution >= 0.6 is 11.8 Å². The summed E-state index contributed by atoms with van der Waals surface area (Å²) < 4.78 is 19.2. The molecule has 0 bridgehead atoms. The third kappa shape index (κ3) is 7.22. The SMILES string of the molecule is CC[C@@H](C(=O)NC1CCCC1)N(Cc1ccc(OC)cc1)C(=O)CSCc1ccccc1F. The molecule has 0 radical (unpaired) electrons. The maximum atomic E-state index is 13.9. The Morgan fingerprint density at radius 1 is 1.15 bits per heavy atom. The molecule has 0 aromatic heterocycles. The third-order valence-corrected chi connectivity index (χ3v) is 7.01. The lowest BCUT2D eigenvalue weighted by atomic mass is 10.1. The van der Waals surface area contributed by atoms with Crippen molar-refractivity contribution in [2.24, 2.45) is 0 Å². The lowest BCUT2D eigenvalue weighted by molar-refractivity contribution is -0.139. The maximum Gasteiger partial charge on any atom is 0.243 e. The van der Waals surface area contributed by atoms with Crippen LogP contribution in [0.4, 0.5) is 4.39 Å². The summed E-state index contributed by atoms with van der Waals surface area (Å²) in [5.74, 6) is 0.835. The highest BCUT2D eigenvalue weighted by Crippen LogP contribution is 2.22. The van der Waals surface area contributed by atoms with Gasteiger partial charge in [-0.25, -0.2) is 4.39 Å². The van der Waals surface area contributed by atoms with Crippen molar-refractivity contribution < 1.29 is 18.7 Å². The van der Waals surface area contributed by atoms with Crippen molar-refractivity contribution in [1.29, 1.82) is 0 Å². The van der Waals surface area contributed by atoms with Crippen molar-refractivity contribution in [3.05, 3.63) is 65.5 Å². The average Bonchev–Trinajstić information content (AvgIpc) is 3.33. The summed E-state index contributed by atoms with van der Waals surface area (Å²) in [6.45, 7) is 2.26. The molecule has 1 aliphatic carbocycles. The van der Waals surface area contributed by atoms with E-state index in [9.17, 15) is 14.0 Å². The minimum absolute atomic E-state index is 0.0923. The van der Waals surface area contributed by atoms with Crippen molar-refractivity contribution >= 4 is 23.6 Å². The van der Waals surface area contributed by atoms with Gasteiger partial charge in [-0.05, 0) is 48.6 Å². The first-order chi connectivity index (χ1) is 16.0. The maximum absolute atomic E-state index is 13.9. The van der Waals surface area contributed by atoms with E-state index in [2.05, 4.69) is 5.32 Å². The van der Waals surface area contributed by atoms with Gasteiger partial charge in [0, 0.05) is 18.3 Å². The molecule has 0 saturated heterocycles. The Morgan fingerprint density at radius 3 is 2.48 bits per heavy atom. The number of ether oxygens (including phenoxy) is 1. The second kappa shape index (κ2) is 12.6. The number of thioether (sulfide) groups is 1. The molecular formula is C26H33FN2O3S. The van der Waals surface area contributed by atoms with E-state index in [0.29, 0.717) is 24.3 Å². The van der Waals surface area contributed by atoms with E-state index in [1.807, 2.05) is 31.2 Å². The molecule has 0 aliphatic heterocycles. The molecule has 1 atom stereocenters. The highest BCUT2D eigenvalue weighted by molar-refractivity contribution is 7.99. The topological polar surface area (TPSA) is 58.6 Å². The number of amides is 2. The van der Waals surface area contributed by atoms with E-state index in [-0.39, 0.29) is 29.4 Å². The van der Waals surface area contributed by atoms with Gasteiger partial charge in [-0.3, -0.25) is 9.59 Å². The Bertz CT molecular complexity index is 916. The minimum Gasteiger partial charge on any atom is -0.497 e. The largest absolute Gasteiger partial charge is 0.497 e. The fourth-order valence-electron chi connectivity index (χ4n) is 4.16. The highest BCUT2D eigenvalue weighted by atomic mass is 32.2. The molecule has 0 spiro atoms. The molecule has 2 aromatic rings. The second-order valence-electron chi connectivity index (χ2n) is 8.37. The number of benzene rings is 2. The zero-order valence-corrected chi connectivity index (χ0v) is 20.2. The van der Waals surface area contributed by atoms with E-state index < -0.39 is 6.04 Å². The summed E-state index contributed by atoms with van der Waals surface area (Å²) in [4.78, 5) is 28.1. The van der Waals surface area contributed by atoms with E-state index in [1.54, 1.807) is 30.2 Å². The zero-order chi connectivity index (χ0) is 23.6. The lowest BCUT2D eigenvalue weighted by Gasteiger charge is -2.31. The summed E-state index contributed by atoms with van der Waals surface area (Å²) in [5, 5.41) is 3.15. The van der Waals surface area contributed by atoms with E-state index in [1.165, 1.54) is 17.8 Å². The lowest BCUT2D eigenvalue weighted by Crippen LogP contribution is -2.51. The number of hydrogen-bond donors (Lipinski definition) is 1. The Morgan fingerprint density at radius 2 is 1.85 bits per heavy atom. The van der Waals surface area contributed by atoms with Gasteiger partial charge in [0.15, 0.2) is 0 Å². The fourth-order valence-corrected chi connectivity index (χ4v) is 5.06. The summed E-state index contributed by atoms with van der Waals surface area (Å²) in [6.07, 6.45) is 4.77. The molecular weight excluding hydrogens is 439 g/mol. The van der Waals surface area contributed by atoms with Crippen LogP contribution in [0.15, 0.2) is 48.5 Å². The molecule has 178 valence electrons. The minimum atomic E-state index is -0.547. The predicted octanol–water partition coefficient (Wildman–Crippen LogP) is 4.93. The van der Waals surface area contributed by atoms with Crippen molar-refractivity contribution in [3.63, 3.8) is 0 Å². The van der Waals surface area contributed by atoms with Gasteiger partial charge in [-0.1, -0.05) is 50.1 Å². The number of hydrogen-bond acceptors (Lipinski definition) is 4. The quantitative estimate of drug-likeness (QED) is 0.504. The Balaban J connectivity index is 1.71. The smallest absolute Gasteiger partial charge is 0.243 e. The van der Waals surface area contributed by atoms with Crippen LogP contribution in [0.3, 0.4) is 0 Å². The monoisotopic (exact) mass is 472 g/mol. The molecule has 1 saturated carbocycles. The second-order valence-corrected chi connectivity index (χ2v) is 9.35.